The molecule has 0 amide bonds. The van der Waals surface area contributed by atoms with Gasteiger partial charge in [0.2, 0.25) is 0 Å². The SMILES string of the molecule is CC.CC.CC(C)CCO.CC(C)OCCO.CC1(C)OCC(CO)O1.CC1CCC(O)C1.CCC.COC(=O)C(C)(C)OC(C)C.COC(C)(C)CO.OC1CCCC1.OC1CCCC1O.OCC1CCCO1. The minimum atomic E-state index is -0.830. The van der Waals surface area contributed by atoms with Crippen LogP contribution in [0.3, 0.4) is 0 Å². The third kappa shape index (κ3) is 65.2. The maximum Gasteiger partial charge on any atom is 0.337 e. The second-order valence-corrected chi connectivity index (χ2v) is 20.6. The van der Waals surface area contributed by atoms with Crippen LogP contribution in [-0.2, 0) is 38.0 Å². The predicted octanol–water partition coefficient (Wildman–Crippen LogP) is 8.93. The lowest BCUT2D eigenvalue weighted by atomic mass is 10.1. The third-order valence-corrected chi connectivity index (χ3v) is 10.3. The van der Waals surface area contributed by atoms with E-state index in [0.717, 1.165) is 76.7 Å². The van der Waals surface area contributed by atoms with Crippen LogP contribution in [0, 0.1) is 11.8 Å². The number of carbonyl (C=O) groups is 1. The standard InChI is InChI=1S/C8H16O3.C6H12O3.C6H12O.2C5H10O2.2C5H12O2.C5H10O.C5H12O.C3H8.2C2H6/c1-6(2)11-8(3,4)7(9)10-5;1-6(2)8-4-5(3-7)9-6;1-5-2-3-6(7)4-5;6-4-5-2-1-3-7-5;6-4-2-1-3-5(4)7;1-5(2,4-6)7-3;1-5(2)7-4-3-6;6-5-3-1-2-4-5;1-5(2)3-4-6;1-3-2;2*1-2/h6H,1-5H3;5,7H,3-4H2,1-2H3;5-7H,2-4H2,1H3;5-6H,1-4H2;4-7H,1-3H2;6H,4H2,1-3H3;5-6H,3-4H2,1-2H3;5-6H,1-4H2;5-6H,3-4H2,1-2H3;3H2,1-2H3;2*1-2H3. The molecule has 2 saturated heterocycles. The summed E-state index contributed by atoms with van der Waals surface area (Å²) in [5, 5.41) is 77.1. The van der Waals surface area contributed by atoms with Crippen molar-refractivity contribution >= 4 is 5.97 Å². The number of rotatable bonds is 12. The summed E-state index contributed by atoms with van der Waals surface area (Å²) < 4.78 is 35.1. The van der Waals surface area contributed by atoms with Gasteiger partial charge in [0.25, 0.3) is 0 Å². The van der Waals surface area contributed by atoms with Gasteiger partial charge >= 0.3 is 5.97 Å². The van der Waals surface area contributed by atoms with Crippen LogP contribution < -0.4 is 0 Å². The van der Waals surface area contributed by atoms with Crippen molar-refractivity contribution in [1.29, 1.82) is 0 Å². The van der Waals surface area contributed by atoms with Gasteiger partial charge in [0, 0.05) is 20.3 Å². The van der Waals surface area contributed by atoms with Crippen molar-refractivity contribution < 1.29 is 83.9 Å². The zero-order valence-electron chi connectivity index (χ0n) is 51.6. The summed E-state index contributed by atoms with van der Waals surface area (Å²) in [4.78, 5) is 11.0. The fraction of sp³-hybridized carbons (Fsp3) is 0.982. The summed E-state index contributed by atoms with van der Waals surface area (Å²) in [7, 11) is 2.93. The average Bonchev–Trinajstić information content (AvgIpc) is 4.24. The quantitative estimate of drug-likeness (QED) is 0.0826. The van der Waals surface area contributed by atoms with Crippen LogP contribution in [-0.4, -0.2) is 185 Å². The van der Waals surface area contributed by atoms with Gasteiger partial charge < -0.3 is 79.1 Å². The summed E-state index contributed by atoms with van der Waals surface area (Å²) in [6.45, 7) is 39.5. The van der Waals surface area contributed by atoms with Gasteiger partial charge in [-0.1, -0.05) is 81.6 Å². The number of hydrogen-bond donors (Lipinski definition) is 9. The topological polar surface area (TPSA) is 264 Å². The first-order valence-corrected chi connectivity index (χ1v) is 28.2. The van der Waals surface area contributed by atoms with E-state index in [2.05, 4.69) is 39.4 Å². The van der Waals surface area contributed by atoms with Gasteiger partial charge in [0.05, 0.1) is 95.1 Å². The number of aliphatic hydroxyl groups excluding tert-OH is 9. The molecule has 0 spiro atoms. The average molecular weight is 1080 g/mol. The van der Waals surface area contributed by atoms with Crippen LogP contribution in [0.15, 0.2) is 0 Å². The van der Waals surface area contributed by atoms with Crippen molar-refractivity contribution in [2.75, 3.05) is 67.1 Å². The van der Waals surface area contributed by atoms with Gasteiger partial charge in [-0.3, -0.25) is 0 Å². The fourth-order valence-electron chi connectivity index (χ4n) is 6.14. The molecule has 0 aromatic carbocycles. The summed E-state index contributed by atoms with van der Waals surface area (Å²) in [6.07, 6.45) is 14.2. The number of methoxy groups -OCH3 is 2. The minimum absolute atomic E-state index is 0.0231. The Kier molecular flexibility index (Phi) is 68.0. The largest absolute Gasteiger partial charge is 0.467 e. The van der Waals surface area contributed by atoms with Crippen LogP contribution in [0.2, 0.25) is 0 Å². The van der Waals surface area contributed by atoms with E-state index in [1.54, 1.807) is 21.0 Å². The molecule has 3 saturated carbocycles. The molecule has 74 heavy (non-hydrogen) atoms. The molecule has 0 aromatic heterocycles. The molecule has 3 aliphatic carbocycles. The molecule has 5 aliphatic rings. The van der Waals surface area contributed by atoms with Gasteiger partial charge in [-0.05, 0) is 152 Å². The predicted molar refractivity (Wildman–Crippen MR) is 301 cm³/mol. The van der Waals surface area contributed by atoms with E-state index in [0.29, 0.717) is 25.7 Å². The van der Waals surface area contributed by atoms with Gasteiger partial charge in [-0.2, -0.15) is 0 Å². The number of aliphatic hydroxyl groups is 9. The van der Waals surface area contributed by atoms with Crippen LogP contribution in [0.1, 0.15) is 221 Å². The second kappa shape index (κ2) is 58.0. The van der Waals surface area contributed by atoms with Gasteiger partial charge in [0.15, 0.2) is 11.4 Å². The van der Waals surface area contributed by atoms with E-state index in [1.165, 1.54) is 32.8 Å². The van der Waals surface area contributed by atoms with E-state index in [4.69, 9.17) is 74.4 Å². The van der Waals surface area contributed by atoms with Gasteiger partial charge in [0.1, 0.15) is 6.10 Å². The van der Waals surface area contributed by atoms with Gasteiger partial charge in [-0.25, -0.2) is 4.79 Å². The van der Waals surface area contributed by atoms with E-state index in [-0.39, 0.29) is 74.6 Å². The first kappa shape index (κ1) is 86.7. The smallest absolute Gasteiger partial charge is 0.337 e. The van der Waals surface area contributed by atoms with Crippen LogP contribution >= 0.6 is 0 Å². The van der Waals surface area contributed by atoms with Crippen molar-refractivity contribution in [1.82, 2.24) is 0 Å². The molecule has 5 rings (SSSR count). The van der Waals surface area contributed by atoms with Crippen molar-refractivity contribution in [2.45, 2.75) is 287 Å². The Bertz CT molecular complexity index is 1060. The molecule has 9 N–H and O–H groups in total. The number of hydrogen-bond acceptors (Lipinski definition) is 17. The Morgan fingerprint density at radius 1 is 0.676 bits per heavy atom. The molecule has 6 unspecified atom stereocenters. The van der Waals surface area contributed by atoms with Crippen molar-refractivity contribution in [3.05, 3.63) is 0 Å². The van der Waals surface area contributed by atoms with E-state index in [9.17, 15) is 4.79 Å². The lowest BCUT2D eigenvalue weighted by Gasteiger charge is -2.24. The highest BCUT2D eigenvalue weighted by atomic mass is 16.7. The van der Waals surface area contributed by atoms with Crippen LogP contribution in [0.25, 0.3) is 0 Å². The molecule has 456 valence electrons. The van der Waals surface area contributed by atoms with E-state index in [1.807, 2.05) is 83.1 Å². The Balaban J connectivity index is -0.000000135. The number of carbonyl (C=O) groups excluding carboxylic acids is 1. The molecule has 2 heterocycles. The highest BCUT2D eigenvalue weighted by Crippen LogP contribution is 2.24. The minimum Gasteiger partial charge on any atom is -0.467 e. The molecule has 0 aromatic rings. The molecule has 6 atom stereocenters. The molecular formula is C57H126O17. The normalized spacial score (nSPS) is 22.1. The maximum absolute atomic E-state index is 11.0. The van der Waals surface area contributed by atoms with Crippen molar-refractivity contribution in [3.63, 3.8) is 0 Å². The second-order valence-electron chi connectivity index (χ2n) is 20.6. The molecule has 17 heteroatoms. The molecule has 2 aliphatic heterocycles. The third-order valence-electron chi connectivity index (χ3n) is 10.3. The fourth-order valence-corrected chi connectivity index (χ4v) is 6.14. The van der Waals surface area contributed by atoms with Gasteiger partial charge in [-0.15, -0.1) is 0 Å². The Hall–Kier alpha value is -1.13. The Labute approximate surface area is 454 Å². The molecule has 5 fully saturated rings. The lowest BCUT2D eigenvalue weighted by molar-refractivity contribution is -0.169. The first-order valence-electron chi connectivity index (χ1n) is 28.2. The summed E-state index contributed by atoms with van der Waals surface area (Å²) in [6, 6.07) is 0. The molecule has 0 radical (unpaired) electrons. The highest BCUT2D eigenvalue weighted by Gasteiger charge is 2.32. The van der Waals surface area contributed by atoms with Crippen LogP contribution in [0.4, 0.5) is 0 Å². The van der Waals surface area contributed by atoms with E-state index >= 15 is 0 Å². The first-order chi connectivity index (χ1) is 34.5. The van der Waals surface area contributed by atoms with E-state index < -0.39 is 23.6 Å². The lowest BCUT2D eigenvalue weighted by Crippen LogP contribution is -2.38. The zero-order chi connectivity index (χ0) is 59.4. The maximum atomic E-state index is 11.0. The summed E-state index contributed by atoms with van der Waals surface area (Å²) in [5.74, 6) is 0.587. The number of ether oxygens (including phenoxy) is 7. The molecular weight excluding hydrogens is 957 g/mol. The summed E-state index contributed by atoms with van der Waals surface area (Å²) in [5.41, 5.74) is -1.19. The number of esters is 1. The van der Waals surface area contributed by atoms with Crippen molar-refractivity contribution in [3.8, 4) is 0 Å². The zero-order valence-corrected chi connectivity index (χ0v) is 51.6. The highest BCUT2D eigenvalue weighted by molar-refractivity contribution is 5.78. The Morgan fingerprint density at radius 3 is 1.32 bits per heavy atom. The Morgan fingerprint density at radius 2 is 1.18 bits per heavy atom. The molecule has 0 bridgehead atoms. The molecule has 17 nitrogen and oxygen atoms in total. The van der Waals surface area contributed by atoms with Crippen molar-refractivity contribution in [2.24, 2.45) is 11.8 Å². The summed E-state index contributed by atoms with van der Waals surface area (Å²) >= 11 is 0. The van der Waals surface area contributed by atoms with Crippen LogP contribution in [0.5, 0.6) is 0 Å². The monoisotopic (exact) mass is 1080 g/mol.